The molecule has 0 bridgehead atoms. The lowest BCUT2D eigenvalue weighted by Gasteiger charge is -2.24. The number of nitrogens with one attached hydrogen (secondary N) is 1. The van der Waals surface area contributed by atoms with E-state index in [4.69, 9.17) is 0 Å². The molecule has 4 nitrogen and oxygen atoms in total. The number of hydrogen-bond donors (Lipinski definition) is 2. The molecule has 0 aliphatic heterocycles. The summed E-state index contributed by atoms with van der Waals surface area (Å²) in [5, 5.41) is 14.6. The summed E-state index contributed by atoms with van der Waals surface area (Å²) in [4.78, 5) is 16.9. The molecule has 0 spiro atoms. The van der Waals surface area contributed by atoms with Gasteiger partial charge >= 0.3 is 0 Å². The summed E-state index contributed by atoms with van der Waals surface area (Å²) >= 11 is 0. The number of carbonyl (C=O) groups excluding carboxylic acids is 1. The van der Waals surface area contributed by atoms with Crippen molar-refractivity contribution in [2.45, 2.75) is 18.4 Å². The minimum absolute atomic E-state index is 0.189. The Morgan fingerprint density at radius 3 is 2.92 bits per heavy atom. The topological polar surface area (TPSA) is 62.2 Å². The van der Waals surface area contributed by atoms with Crippen molar-refractivity contribution < 1.29 is 9.90 Å². The largest absolute Gasteiger partial charge is 0.383 e. The lowest BCUT2D eigenvalue weighted by Crippen LogP contribution is -2.39. The zero-order valence-electron chi connectivity index (χ0n) is 13.2. The molecule has 0 radical (unpaired) electrons. The van der Waals surface area contributed by atoms with Gasteiger partial charge in [-0.15, -0.1) is 0 Å². The Balaban J connectivity index is 1.57. The van der Waals surface area contributed by atoms with Crippen LogP contribution in [0, 0.1) is 0 Å². The molecule has 3 aromatic rings. The monoisotopic (exact) mass is 318 g/mol. The van der Waals surface area contributed by atoms with Crippen LogP contribution in [-0.2, 0) is 12.0 Å². The molecule has 1 unspecified atom stereocenters. The van der Waals surface area contributed by atoms with E-state index in [2.05, 4.69) is 10.3 Å². The lowest BCUT2D eigenvalue weighted by atomic mass is 9.96. The highest BCUT2D eigenvalue weighted by molar-refractivity contribution is 6.06. The molecule has 2 N–H and O–H groups in total. The Hall–Kier alpha value is -2.72. The first-order valence-corrected chi connectivity index (χ1v) is 8.10. The van der Waals surface area contributed by atoms with Gasteiger partial charge in [-0.05, 0) is 42.2 Å². The van der Waals surface area contributed by atoms with Crippen molar-refractivity contribution in [2.75, 3.05) is 6.54 Å². The van der Waals surface area contributed by atoms with Gasteiger partial charge in [-0.2, -0.15) is 0 Å². The van der Waals surface area contributed by atoms with Crippen molar-refractivity contribution in [3.8, 4) is 0 Å². The molecule has 4 rings (SSSR count). The number of amides is 1. The average molecular weight is 318 g/mol. The van der Waals surface area contributed by atoms with Crippen molar-refractivity contribution >= 4 is 16.8 Å². The fourth-order valence-corrected chi connectivity index (χ4v) is 3.48. The maximum Gasteiger partial charge on any atom is 0.252 e. The van der Waals surface area contributed by atoms with E-state index in [9.17, 15) is 9.90 Å². The van der Waals surface area contributed by atoms with Crippen molar-refractivity contribution in [1.82, 2.24) is 10.3 Å². The van der Waals surface area contributed by atoms with E-state index in [0.29, 0.717) is 12.0 Å². The van der Waals surface area contributed by atoms with Crippen LogP contribution >= 0.6 is 0 Å². The van der Waals surface area contributed by atoms with Gasteiger partial charge in [0.05, 0.1) is 12.1 Å². The number of pyridine rings is 1. The molecule has 2 aromatic carbocycles. The first-order valence-electron chi connectivity index (χ1n) is 8.10. The SMILES string of the molecule is O=C(NCC1(O)CCc2ccccc21)c1cccc2ncccc12. The maximum atomic E-state index is 12.6. The van der Waals surface area contributed by atoms with Crippen LogP contribution in [0.1, 0.15) is 27.9 Å². The fraction of sp³-hybridized carbons (Fsp3) is 0.200. The molecule has 1 amide bonds. The van der Waals surface area contributed by atoms with Crippen LogP contribution in [0.2, 0.25) is 0 Å². The summed E-state index contributed by atoms with van der Waals surface area (Å²) in [5.41, 5.74) is 2.45. The lowest BCUT2D eigenvalue weighted by molar-refractivity contribution is 0.0370. The molecular weight excluding hydrogens is 300 g/mol. The Morgan fingerprint density at radius 2 is 2.00 bits per heavy atom. The fourth-order valence-electron chi connectivity index (χ4n) is 3.48. The van der Waals surface area contributed by atoms with Crippen molar-refractivity contribution in [3.05, 3.63) is 77.5 Å². The van der Waals surface area contributed by atoms with E-state index >= 15 is 0 Å². The second-order valence-corrected chi connectivity index (χ2v) is 6.25. The molecular formula is C20H18N2O2. The van der Waals surface area contributed by atoms with Crippen molar-refractivity contribution in [1.29, 1.82) is 0 Å². The number of nitrogens with zero attached hydrogens (tertiary/aromatic N) is 1. The average Bonchev–Trinajstić information content (AvgIpc) is 2.97. The Kier molecular flexibility index (Phi) is 3.54. The first kappa shape index (κ1) is 14.8. The summed E-state index contributed by atoms with van der Waals surface area (Å²) in [6.07, 6.45) is 3.17. The van der Waals surface area contributed by atoms with Crippen LogP contribution < -0.4 is 5.32 Å². The molecule has 0 saturated carbocycles. The van der Waals surface area contributed by atoms with Crippen LogP contribution in [0.3, 0.4) is 0 Å². The molecule has 1 atom stereocenters. The summed E-state index contributed by atoms with van der Waals surface area (Å²) in [7, 11) is 0. The Bertz CT molecular complexity index is 917. The minimum atomic E-state index is -0.991. The van der Waals surface area contributed by atoms with Gasteiger partial charge in [-0.25, -0.2) is 0 Å². The smallest absolute Gasteiger partial charge is 0.252 e. The zero-order valence-corrected chi connectivity index (χ0v) is 13.2. The van der Waals surface area contributed by atoms with Gasteiger partial charge in [0, 0.05) is 17.1 Å². The number of hydrogen-bond acceptors (Lipinski definition) is 3. The predicted octanol–water partition coefficient (Wildman–Crippen LogP) is 2.80. The van der Waals surface area contributed by atoms with E-state index < -0.39 is 5.60 Å². The highest BCUT2D eigenvalue weighted by Gasteiger charge is 2.36. The molecule has 1 aliphatic carbocycles. The van der Waals surface area contributed by atoms with Gasteiger partial charge in [-0.1, -0.05) is 36.4 Å². The van der Waals surface area contributed by atoms with Crippen LogP contribution in [-0.4, -0.2) is 22.5 Å². The third-order valence-corrected chi connectivity index (χ3v) is 4.76. The molecule has 120 valence electrons. The van der Waals surface area contributed by atoms with Gasteiger partial charge < -0.3 is 10.4 Å². The van der Waals surface area contributed by atoms with E-state index in [1.807, 2.05) is 48.5 Å². The quantitative estimate of drug-likeness (QED) is 0.780. The first-order chi connectivity index (χ1) is 11.7. The van der Waals surface area contributed by atoms with E-state index in [1.165, 1.54) is 0 Å². The number of carbonyl (C=O) groups is 1. The number of aromatic nitrogens is 1. The number of rotatable bonds is 3. The minimum Gasteiger partial charge on any atom is -0.383 e. The summed E-state index contributed by atoms with van der Waals surface area (Å²) in [5.74, 6) is -0.189. The third kappa shape index (κ3) is 2.45. The van der Waals surface area contributed by atoms with Gasteiger partial charge in [0.2, 0.25) is 0 Å². The second-order valence-electron chi connectivity index (χ2n) is 6.25. The number of benzene rings is 2. The molecule has 1 aromatic heterocycles. The zero-order chi connectivity index (χ0) is 16.6. The summed E-state index contributed by atoms with van der Waals surface area (Å²) in [6.45, 7) is 0.208. The Labute approximate surface area is 140 Å². The van der Waals surface area contributed by atoms with Crippen LogP contribution in [0.25, 0.3) is 10.9 Å². The summed E-state index contributed by atoms with van der Waals surface area (Å²) in [6, 6.07) is 17.1. The Morgan fingerprint density at radius 1 is 1.12 bits per heavy atom. The normalized spacial score (nSPS) is 19.2. The van der Waals surface area contributed by atoms with Crippen molar-refractivity contribution in [2.24, 2.45) is 0 Å². The van der Waals surface area contributed by atoms with E-state index in [-0.39, 0.29) is 12.5 Å². The van der Waals surface area contributed by atoms with E-state index in [1.54, 1.807) is 12.3 Å². The van der Waals surface area contributed by atoms with Crippen LogP contribution in [0.5, 0.6) is 0 Å². The van der Waals surface area contributed by atoms with Crippen LogP contribution in [0.4, 0.5) is 0 Å². The highest BCUT2D eigenvalue weighted by atomic mass is 16.3. The highest BCUT2D eigenvalue weighted by Crippen LogP contribution is 2.36. The predicted molar refractivity (Wildman–Crippen MR) is 92.7 cm³/mol. The van der Waals surface area contributed by atoms with Gasteiger partial charge in [0.1, 0.15) is 5.60 Å². The second kappa shape index (κ2) is 5.73. The van der Waals surface area contributed by atoms with Gasteiger partial charge in [0.15, 0.2) is 0 Å². The van der Waals surface area contributed by atoms with Gasteiger partial charge in [-0.3, -0.25) is 9.78 Å². The third-order valence-electron chi connectivity index (χ3n) is 4.76. The number of fused-ring (bicyclic) bond motifs is 2. The molecule has 0 saturated heterocycles. The van der Waals surface area contributed by atoms with E-state index in [0.717, 1.165) is 28.5 Å². The number of aryl methyl sites for hydroxylation is 1. The molecule has 0 fully saturated rings. The van der Waals surface area contributed by atoms with Crippen molar-refractivity contribution in [3.63, 3.8) is 0 Å². The van der Waals surface area contributed by atoms with Crippen LogP contribution in [0.15, 0.2) is 60.8 Å². The molecule has 1 heterocycles. The number of aliphatic hydroxyl groups is 1. The molecule has 4 heteroatoms. The molecule has 1 aliphatic rings. The maximum absolute atomic E-state index is 12.6. The standard InChI is InChI=1S/C20H18N2O2/c23-19(16-6-3-9-18-15(16)7-4-12-21-18)22-13-20(24)11-10-14-5-1-2-8-17(14)20/h1-9,12,24H,10-11,13H2,(H,22,23). The molecule has 24 heavy (non-hydrogen) atoms. The summed E-state index contributed by atoms with van der Waals surface area (Å²) < 4.78 is 0. The van der Waals surface area contributed by atoms with Gasteiger partial charge in [0.25, 0.3) is 5.91 Å².